The van der Waals surface area contributed by atoms with E-state index in [1.54, 1.807) is 6.92 Å². The van der Waals surface area contributed by atoms with Gasteiger partial charge in [0.2, 0.25) is 15.9 Å². The normalized spacial score (nSPS) is 22.0. The Morgan fingerprint density at radius 1 is 1.00 bits per heavy atom. The third-order valence-corrected chi connectivity index (χ3v) is 8.81. The standard InChI is InChI=1S/C22H30F4N2O3S/c1-2-16-32(30,31)28-14-12-27(13-15-28)21(8-10-22(25,26)11-9-21)7-6-19(29)20-17(23)4-3-5-18(20)24/h3-5H,2,6-16H2,1H3. The minimum atomic E-state index is -3.35. The highest BCUT2D eigenvalue weighted by Crippen LogP contribution is 2.44. The first-order valence-electron chi connectivity index (χ1n) is 11.1. The lowest BCUT2D eigenvalue weighted by atomic mass is 9.74. The zero-order chi connectivity index (χ0) is 23.6. The van der Waals surface area contributed by atoms with Crippen LogP contribution in [0.25, 0.3) is 0 Å². The molecule has 0 bridgehead atoms. The van der Waals surface area contributed by atoms with Crippen LogP contribution in [0.2, 0.25) is 0 Å². The number of nitrogens with zero attached hydrogens (tertiary/aromatic N) is 2. The van der Waals surface area contributed by atoms with Gasteiger partial charge in [0, 0.05) is 51.0 Å². The second-order valence-corrected chi connectivity index (χ2v) is 10.9. The number of Topliss-reactive ketones (excluding diaryl/α,β-unsaturated/α-hetero) is 1. The fourth-order valence-electron chi connectivity index (χ4n) is 4.87. The van der Waals surface area contributed by atoms with Crippen LogP contribution in [0.15, 0.2) is 18.2 Å². The van der Waals surface area contributed by atoms with Gasteiger partial charge >= 0.3 is 0 Å². The largest absolute Gasteiger partial charge is 0.295 e. The van der Waals surface area contributed by atoms with Crippen LogP contribution in [-0.4, -0.2) is 66.8 Å². The minimum absolute atomic E-state index is 0.0626. The van der Waals surface area contributed by atoms with E-state index in [0.29, 0.717) is 19.5 Å². The molecule has 0 radical (unpaired) electrons. The first kappa shape index (κ1) is 25.1. The lowest BCUT2D eigenvalue weighted by molar-refractivity contribution is -0.0891. The van der Waals surface area contributed by atoms with E-state index in [1.165, 1.54) is 10.4 Å². The quantitative estimate of drug-likeness (QED) is 0.415. The maximum Gasteiger partial charge on any atom is 0.248 e. The number of alkyl halides is 2. The summed E-state index contributed by atoms with van der Waals surface area (Å²) < 4.78 is 82.0. The van der Waals surface area contributed by atoms with Gasteiger partial charge in [0.1, 0.15) is 11.6 Å². The molecule has 0 unspecified atom stereocenters. The van der Waals surface area contributed by atoms with Crippen LogP contribution in [-0.2, 0) is 10.0 Å². The van der Waals surface area contributed by atoms with Crippen LogP contribution < -0.4 is 0 Å². The predicted octanol–water partition coefficient (Wildman–Crippen LogP) is 4.23. The molecule has 180 valence electrons. The van der Waals surface area contributed by atoms with Gasteiger partial charge < -0.3 is 0 Å². The summed E-state index contributed by atoms with van der Waals surface area (Å²) in [5.41, 5.74) is -1.32. The molecule has 0 spiro atoms. The van der Waals surface area contributed by atoms with Gasteiger partial charge in [-0.1, -0.05) is 13.0 Å². The summed E-state index contributed by atoms with van der Waals surface area (Å²) in [5.74, 6) is -5.28. The highest BCUT2D eigenvalue weighted by molar-refractivity contribution is 7.89. The van der Waals surface area contributed by atoms with Crippen molar-refractivity contribution in [1.29, 1.82) is 0 Å². The van der Waals surface area contributed by atoms with Crippen molar-refractivity contribution in [1.82, 2.24) is 9.21 Å². The molecule has 1 aliphatic heterocycles. The highest BCUT2D eigenvalue weighted by atomic mass is 32.2. The molecule has 0 aromatic heterocycles. The molecule has 2 fully saturated rings. The van der Waals surface area contributed by atoms with E-state index in [-0.39, 0.29) is 57.4 Å². The Kier molecular flexibility index (Phi) is 7.66. The molecule has 1 aromatic rings. The highest BCUT2D eigenvalue weighted by Gasteiger charge is 2.47. The summed E-state index contributed by atoms with van der Waals surface area (Å²) in [6.07, 6.45) is 0.169. The first-order valence-corrected chi connectivity index (χ1v) is 12.7. The van der Waals surface area contributed by atoms with E-state index in [1.807, 2.05) is 4.90 Å². The van der Waals surface area contributed by atoms with E-state index in [0.717, 1.165) is 12.1 Å². The van der Waals surface area contributed by atoms with Crippen LogP contribution in [0.4, 0.5) is 17.6 Å². The number of carbonyl (C=O) groups excluding carboxylic acids is 1. The third-order valence-electron chi connectivity index (χ3n) is 6.74. The molecule has 32 heavy (non-hydrogen) atoms. The smallest absolute Gasteiger partial charge is 0.248 e. The summed E-state index contributed by atoms with van der Waals surface area (Å²) in [4.78, 5) is 14.6. The fraction of sp³-hybridized carbons (Fsp3) is 0.682. The molecule has 1 heterocycles. The average Bonchev–Trinajstić information content (AvgIpc) is 2.73. The molecular weight excluding hydrogens is 448 g/mol. The van der Waals surface area contributed by atoms with E-state index >= 15 is 0 Å². The summed E-state index contributed by atoms with van der Waals surface area (Å²) in [6.45, 7) is 3.06. The van der Waals surface area contributed by atoms with Crippen LogP contribution in [0.1, 0.15) is 62.2 Å². The van der Waals surface area contributed by atoms with Gasteiger partial charge in [-0.05, 0) is 37.8 Å². The Balaban J connectivity index is 1.74. The number of halogens is 4. The summed E-state index contributed by atoms with van der Waals surface area (Å²) >= 11 is 0. The second kappa shape index (κ2) is 9.77. The van der Waals surface area contributed by atoms with Crippen molar-refractivity contribution in [2.75, 3.05) is 31.9 Å². The number of ketones is 1. The molecular formula is C22H30F4N2O3S. The number of hydrogen-bond donors (Lipinski definition) is 0. The second-order valence-electron chi connectivity index (χ2n) is 8.80. The van der Waals surface area contributed by atoms with Crippen LogP contribution in [0.3, 0.4) is 0 Å². The SMILES string of the molecule is CCCS(=O)(=O)N1CCN(C2(CCC(=O)c3c(F)cccc3F)CCC(F)(F)CC2)CC1. The maximum atomic E-state index is 14.0. The van der Waals surface area contributed by atoms with Crippen molar-refractivity contribution < 1.29 is 30.8 Å². The van der Waals surface area contributed by atoms with Crippen molar-refractivity contribution in [3.63, 3.8) is 0 Å². The monoisotopic (exact) mass is 478 g/mol. The Bertz CT molecular complexity index is 901. The van der Waals surface area contributed by atoms with Crippen molar-refractivity contribution >= 4 is 15.8 Å². The zero-order valence-electron chi connectivity index (χ0n) is 18.3. The average molecular weight is 479 g/mol. The van der Waals surface area contributed by atoms with Gasteiger partial charge in [-0.25, -0.2) is 26.0 Å². The van der Waals surface area contributed by atoms with E-state index < -0.39 is 44.5 Å². The lowest BCUT2D eigenvalue weighted by Crippen LogP contribution is -2.60. The van der Waals surface area contributed by atoms with Gasteiger partial charge in [0.05, 0.1) is 11.3 Å². The molecule has 0 amide bonds. The van der Waals surface area contributed by atoms with Crippen molar-refractivity contribution in [2.24, 2.45) is 0 Å². The third kappa shape index (κ3) is 5.51. The lowest BCUT2D eigenvalue weighted by Gasteiger charge is -2.51. The van der Waals surface area contributed by atoms with Crippen molar-refractivity contribution in [3.8, 4) is 0 Å². The number of sulfonamides is 1. The van der Waals surface area contributed by atoms with Crippen LogP contribution in [0, 0.1) is 11.6 Å². The fourth-order valence-corrected chi connectivity index (χ4v) is 6.36. The van der Waals surface area contributed by atoms with Crippen molar-refractivity contribution in [2.45, 2.75) is 63.3 Å². The van der Waals surface area contributed by atoms with Gasteiger partial charge in [-0.3, -0.25) is 9.69 Å². The Hall–Kier alpha value is -1.52. The summed E-state index contributed by atoms with van der Waals surface area (Å²) in [6, 6.07) is 3.21. The Morgan fingerprint density at radius 3 is 2.09 bits per heavy atom. The topological polar surface area (TPSA) is 57.7 Å². The molecule has 1 aliphatic carbocycles. The molecule has 5 nitrogen and oxygen atoms in total. The zero-order valence-corrected chi connectivity index (χ0v) is 19.1. The number of benzene rings is 1. The van der Waals surface area contributed by atoms with E-state index in [9.17, 15) is 30.8 Å². The van der Waals surface area contributed by atoms with Gasteiger partial charge in [-0.15, -0.1) is 0 Å². The van der Waals surface area contributed by atoms with Crippen LogP contribution in [0.5, 0.6) is 0 Å². The molecule has 2 aliphatic rings. The van der Waals surface area contributed by atoms with Crippen LogP contribution >= 0.6 is 0 Å². The van der Waals surface area contributed by atoms with Gasteiger partial charge in [0.15, 0.2) is 5.78 Å². The van der Waals surface area contributed by atoms with Crippen molar-refractivity contribution in [3.05, 3.63) is 35.4 Å². The predicted molar refractivity (Wildman–Crippen MR) is 113 cm³/mol. The molecule has 1 aromatic carbocycles. The number of rotatable bonds is 8. The summed E-state index contributed by atoms with van der Waals surface area (Å²) in [5, 5.41) is 0. The Morgan fingerprint density at radius 2 is 1.56 bits per heavy atom. The van der Waals surface area contributed by atoms with E-state index in [2.05, 4.69) is 0 Å². The summed E-state index contributed by atoms with van der Waals surface area (Å²) in [7, 11) is -3.35. The maximum absolute atomic E-state index is 14.0. The molecule has 0 atom stereocenters. The van der Waals surface area contributed by atoms with Gasteiger partial charge in [0.25, 0.3) is 0 Å². The molecule has 10 heteroatoms. The number of hydrogen-bond acceptors (Lipinski definition) is 4. The van der Waals surface area contributed by atoms with Gasteiger partial charge in [-0.2, -0.15) is 4.31 Å². The molecule has 3 rings (SSSR count). The minimum Gasteiger partial charge on any atom is -0.295 e. The molecule has 0 N–H and O–H groups in total. The molecule has 1 saturated carbocycles. The number of carbonyl (C=O) groups is 1. The number of piperazine rings is 1. The first-order chi connectivity index (χ1) is 15.0. The Labute approximate surface area is 186 Å². The molecule has 1 saturated heterocycles. The van der Waals surface area contributed by atoms with E-state index in [4.69, 9.17) is 0 Å².